The summed E-state index contributed by atoms with van der Waals surface area (Å²) in [5, 5.41) is 6.35. The highest BCUT2D eigenvalue weighted by Gasteiger charge is 2.14. The van der Waals surface area contributed by atoms with E-state index in [-0.39, 0.29) is 5.91 Å². The van der Waals surface area contributed by atoms with E-state index in [4.69, 9.17) is 0 Å². The van der Waals surface area contributed by atoms with Gasteiger partial charge in [-0.05, 0) is 56.8 Å². The minimum absolute atomic E-state index is 0.0585. The van der Waals surface area contributed by atoms with Crippen molar-refractivity contribution in [2.45, 2.75) is 26.2 Å². The normalized spacial score (nSPS) is 19.5. The summed E-state index contributed by atoms with van der Waals surface area (Å²) in [6.07, 6.45) is 5.22. The van der Waals surface area contributed by atoms with Crippen molar-refractivity contribution in [3.05, 3.63) is 29.6 Å². The van der Waals surface area contributed by atoms with Crippen molar-refractivity contribution in [2.75, 3.05) is 19.6 Å². The summed E-state index contributed by atoms with van der Waals surface area (Å²) in [6, 6.07) is 3.76. The van der Waals surface area contributed by atoms with Gasteiger partial charge in [-0.3, -0.25) is 9.78 Å². The van der Waals surface area contributed by atoms with Crippen molar-refractivity contribution < 1.29 is 4.79 Å². The molecule has 1 aromatic heterocycles. The maximum atomic E-state index is 11.9. The van der Waals surface area contributed by atoms with Crippen LogP contribution in [0.4, 0.5) is 0 Å². The van der Waals surface area contributed by atoms with E-state index in [0.717, 1.165) is 31.6 Å². The molecule has 1 amide bonds. The Kier molecular flexibility index (Phi) is 4.70. The van der Waals surface area contributed by atoms with Gasteiger partial charge in [0.25, 0.3) is 5.91 Å². The zero-order chi connectivity index (χ0) is 12.8. The van der Waals surface area contributed by atoms with E-state index < -0.39 is 0 Å². The minimum atomic E-state index is -0.0585. The van der Waals surface area contributed by atoms with Crippen LogP contribution in [0.1, 0.15) is 35.3 Å². The molecule has 0 saturated carbocycles. The van der Waals surface area contributed by atoms with E-state index in [1.54, 1.807) is 6.20 Å². The van der Waals surface area contributed by atoms with Crippen molar-refractivity contribution in [2.24, 2.45) is 5.92 Å². The van der Waals surface area contributed by atoms with Crippen LogP contribution >= 0.6 is 0 Å². The molecule has 0 aliphatic carbocycles. The highest BCUT2D eigenvalue weighted by atomic mass is 16.1. The van der Waals surface area contributed by atoms with Crippen LogP contribution in [0.15, 0.2) is 18.3 Å². The molecule has 1 aliphatic rings. The second-order valence-corrected chi connectivity index (χ2v) is 4.93. The molecule has 0 spiro atoms. The van der Waals surface area contributed by atoms with Crippen LogP contribution in [0.3, 0.4) is 0 Å². The number of rotatable bonds is 4. The van der Waals surface area contributed by atoms with Crippen molar-refractivity contribution in [3.63, 3.8) is 0 Å². The Morgan fingerprint density at radius 2 is 2.50 bits per heavy atom. The fourth-order valence-electron chi connectivity index (χ4n) is 2.37. The van der Waals surface area contributed by atoms with E-state index in [9.17, 15) is 4.79 Å². The third-order valence-electron chi connectivity index (χ3n) is 3.46. The lowest BCUT2D eigenvalue weighted by atomic mass is 9.96. The van der Waals surface area contributed by atoms with E-state index in [1.807, 2.05) is 19.1 Å². The van der Waals surface area contributed by atoms with Gasteiger partial charge >= 0.3 is 0 Å². The summed E-state index contributed by atoms with van der Waals surface area (Å²) in [5.74, 6) is 0.640. The molecule has 1 saturated heterocycles. The summed E-state index contributed by atoms with van der Waals surface area (Å²) in [5.41, 5.74) is 1.47. The minimum Gasteiger partial charge on any atom is -0.351 e. The van der Waals surface area contributed by atoms with Gasteiger partial charge in [-0.1, -0.05) is 6.07 Å². The SMILES string of the molecule is Cc1cccnc1C(=O)NCCC1CCCNC1. The molecule has 18 heavy (non-hydrogen) atoms. The van der Waals surface area contributed by atoms with E-state index in [0.29, 0.717) is 11.6 Å². The first-order valence-electron chi connectivity index (χ1n) is 6.68. The number of hydrogen-bond donors (Lipinski definition) is 2. The average Bonchev–Trinajstić information content (AvgIpc) is 2.40. The number of hydrogen-bond acceptors (Lipinski definition) is 3. The van der Waals surface area contributed by atoms with E-state index in [2.05, 4.69) is 15.6 Å². The Morgan fingerprint density at radius 1 is 1.61 bits per heavy atom. The Bertz CT molecular complexity index is 400. The van der Waals surface area contributed by atoms with Crippen LogP contribution in [0.25, 0.3) is 0 Å². The number of pyridine rings is 1. The van der Waals surface area contributed by atoms with Crippen molar-refractivity contribution in [1.82, 2.24) is 15.6 Å². The Morgan fingerprint density at radius 3 is 3.22 bits per heavy atom. The molecule has 2 N–H and O–H groups in total. The van der Waals surface area contributed by atoms with Gasteiger partial charge in [-0.2, -0.15) is 0 Å². The molecule has 4 nitrogen and oxygen atoms in total. The topological polar surface area (TPSA) is 54.0 Å². The fourth-order valence-corrected chi connectivity index (χ4v) is 2.37. The number of aromatic nitrogens is 1. The van der Waals surface area contributed by atoms with E-state index >= 15 is 0 Å². The highest BCUT2D eigenvalue weighted by Crippen LogP contribution is 2.13. The smallest absolute Gasteiger partial charge is 0.270 e. The number of nitrogens with zero attached hydrogens (tertiary/aromatic N) is 1. The molecule has 2 rings (SSSR count). The number of aryl methyl sites for hydroxylation is 1. The van der Waals surface area contributed by atoms with Crippen molar-refractivity contribution >= 4 is 5.91 Å². The highest BCUT2D eigenvalue weighted by molar-refractivity contribution is 5.93. The molecular formula is C14H21N3O. The van der Waals surface area contributed by atoms with Gasteiger partial charge in [-0.25, -0.2) is 0 Å². The fraction of sp³-hybridized carbons (Fsp3) is 0.571. The molecular weight excluding hydrogens is 226 g/mol. The van der Waals surface area contributed by atoms with Gasteiger partial charge in [0.15, 0.2) is 0 Å². The lowest BCUT2D eigenvalue weighted by Gasteiger charge is -2.22. The lowest BCUT2D eigenvalue weighted by Crippen LogP contribution is -2.33. The van der Waals surface area contributed by atoms with Gasteiger partial charge in [0.1, 0.15) is 5.69 Å². The largest absolute Gasteiger partial charge is 0.351 e. The summed E-state index contributed by atoms with van der Waals surface area (Å²) in [6.45, 7) is 4.86. The number of amides is 1. The first kappa shape index (κ1) is 13.0. The molecule has 0 radical (unpaired) electrons. The molecule has 1 fully saturated rings. The molecule has 98 valence electrons. The molecule has 1 aromatic rings. The third kappa shape index (κ3) is 3.53. The molecule has 0 bridgehead atoms. The van der Waals surface area contributed by atoms with Gasteiger partial charge < -0.3 is 10.6 Å². The van der Waals surface area contributed by atoms with Crippen LogP contribution in [-0.4, -0.2) is 30.5 Å². The van der Waals surface area contributed by atoms with Gasteiger partial charge in [0, 0.05) is 12.7 Å². The molecule has 4 heteroatoms. The van der Waals surface area contributed by atoms with Gasteiger partial charge in [-0.15, -0.1) is 0 Å². The molecule has 2 heterocycles. The van der Waals surface area contributed by atoms with E-state index in [1.165, 1.54) is 12.8 Å². The van der Waals surface area contributed by atoms with Crippen molar-refractivity contribution in [1.29, 1.82) is 0 Å². The molecule has 1 unspecified atom stereocenters. The first-order valence-corrected chi connectivity index (χ1v) is 6.68. The Labute approximate surface area is 108 Å². The van der Waals surface area contributed by atoms with Crippen LogP contribution in [0.2, 0.25) is 0 Å². The third-order valence-corrected chi connectivity index (χ3v) is 3.46. The maximum Gasteiger partial charge on any atom is 0.270 e. The zero-order valence-electron chi connectivity index (χ0n) is 10.9. The monoisotopic (exact) mass is 247 g/mol. The van der Waals surface area contributed by atoms with Gasteiger partial charge in [0.05, 0.1) is 0 Å². The predicted molar refractivity (Wildman–Crippen MR) is 71.5 cm³/mol. The standard InChI is InChI=1S/C14H21N3O/c1-11-4-2-8-16-13(11)14(18)17-9-6-12-5-3-7-15-10-12/h2,4,8,12,15H,3,5-7,9-10H2,1H3,(H,17,18). The summed E-state index contributed by atoms with van der Waals surface area (Å²) < 4.78 is 0. The molecule has 0 aromatic carbocycles. The zero-order valence-corrected chi connectivity index (χ0v) is 10.9. The van der Waals surface area contributed by atoms with Gasteiger partial charge in [0.2, 0.25) is 0 Å². The van der Waals surface area contributed by atoms with Crippen LogP contribution in [-0.2, 0) is 0 Å². The number of nitrogens with one attached hydrogen (secondary N) is 2. The second-order valence-electron chi connectivity index (χ2n) is 4.93. The quantitative estimate of drug-likeness (QED) is 0.848. The first-order chi connectivity index (χ1) is 8.77. The summed E-state index contributed by atoms with van der Waals surface area (Å²) in [7, 11) is 0. The second kappa shape index (κ2) is 6.50. The van der Waals surface area contributed by atoms with Crippen LogP contribution in [0.5, 0.6) is 0 Å². The predicted octanol–water partition coefficient (Wildman–Crippen LogP) is 1.51. The van der Waals surface area contributed by atoms with Crippen LogP contribution < -0.4 is 10.6 Å². The summed E-state index contributed by atoms with van der Waals surface area (Å²) >= 11 is 0. The van der Waals surface area contributed by atoms with Crippen molar-refractivity contribution in [3.8, 4) is 0 Å². The molecule has 1 atom stereocenters. The Balaban J connectivity index is 1.76. The number of carbonyl (C=O) groups is 1. The van der Waals surface area contributed by atoms with Crippen LogP contribution in [0, 0.1) is 12.8 Å². The Hall–Kier alpha value is -1.42. The average molecular weight is 247 g/mol. The number of carbonyl (C=O) groups excluding carboxylic acids is 1. The lowest BCUT2D eigenvalue weighted by molar-refractivity contribution is 0.0945. The number of piperidine rings is 1. The molecule has 1 aliphatic heterocycles. The maximum absolute atomic E-state index is 11.9. The summed E-state index contributed by atoms with van der Waals surface area (Å²) in [4.78, 5) is 16.0.